The van der Waals surface area contributed by atoms with Crippen LogP contribution in [0.1, 0.15) is 32.6 Å². The molecule has 2 rings (SSSR count). The van der Waals surface area contributed by atoms with E-state index in [4.69, 9.17) is 0 Å². The number of rotatable bonds is 8. The summed E-state index contributed by atoms with van der Waals surface area (Å²) >= 11 is 0. The summed E-state index contributed by atoms with van der Waals surface area (Å²) in [5.41, 5.74) is 0. The Bertz CT molecular complexity index is 402. The van der Waals surface area contributed by atoms with Crippen LogP contribution in [0.3, 0.4) is 0 Å². The molecule has 0 bridgehead atoms. The first-order valence-corrected chi connectivity index (χ1v) is 7.10. The Balaban J connectivity index is 1.92. The molecule has 1 heterocycles. The van der Waals surface area contributed by atoms with Gasteiger partial charge < -0.3 is 15.5 Å². The van der Waals surface area contributed by atoms with Crippen molar-refractivity contribution in [3.05, 3.63) is 0 Å². The van der Waals surface area contributed by atoms with Crippen LogP contribution in [0.5, 0.6) is 0 Å². The topological polar surface area (TPSA) is 66.0 Å². The molecule has 1 aliphatic carbocycles. The Hall–Kier alpha value is -1.59. The minimum atomic E-state index is 0.630. The molecule has 0 atom stereocenters. The van der Waals surface area contributed by atoms with Gasteiger partial charge in [-0.2, -0.15) is 15.0 Å². The predicted molar refractivity (Wildman–Crippen MR) is 78.8 cm³/mol. The van der Waals surface area contributed by atoms with Crippen molar-refractivity contribution in [3.63, 3.8) is 0 Å². The fraction of sp³-hybridized carbons (Fsp3) is 0.769. The molecule has 1 aliphatic rings. The molecule has 6 heteroatoms. The molecule has 1 fully saturated rings. The average Bonchev–Trinajstić information content (AvgIpc) is 3.19. The van der Waals surface area contributed by atoms with Gasteiger partial charge in [0.2, 0.25) is 17.8 Å². The van der Waals surface area contributed by atoms with E-state index in [2.05, 4.69) is 25.6 Å². The van der Waals surface area contributed by atoms with Crippen LogP contribution in [0.15, 0.2) is 0 Å². The lowest BCUT2D eigenvalue weighted by atomic mass is 10.2. The minimum Gasteiger partial charge on any atom is -0.354 e. The number of aromatic nitrogens is 3. The Morgan fingerprint density at radius 2 is 1.79 bits per heavy atom. The van der Waals surface area contributed by atoms with Crippen LogP contribution in [0.2, 0.25) is 0 Å². The third kappa shape index (κ3) is 4.54. The smallest absolute Gasteiger partial charge is 0.231 e. The zero-order valence-corrected chi connectivity index (χ0v) is 12.1. The summed E-state index contributed by atoms with van der Waals surface area (Å²) in [5, 5.41) is 6.43. The van der Waals surface area contributed by atoms with Gasteiger partial charge in [0.05, 0.1) is 0 Å². The first-order chi connectivity index (χ1) is 9.19. The highest BCUT2D eigenvalue weighted by Crippen LogP contribution is 2.33. The molecule has 0 amide bonds. The van der Waals surface area contributed by atoms with Crippen LogP contribution in [0.25, 0.3) is 0 Å². The first kappa shape index (κ1) is 13.8. The van der Waals surface area contributed by atoms with Crippen LogP contribution in [-0.4, -0.2) is 42.1 Å². The largest absolute Gasteiger partial charge is 0.354 e. The maximum absolute atomic E-state index is 4.40. The van der Waals surface area contributed by atoms with E-state index < -0.39 is 0 Å². The van der Waals surface area contributed by atoms with E-state index in [1.807, 2.05) is 25.9 Å². The summed E-state index contributed by atoms with van der Waals surface area (Å²) in [6.45, 7) is 3.76. The number of nitrogens with one attached hydrogen (secondary N) is 2. The van der Waals surface area contributed by atoms with E-state index in [1.54, 1.807) is 0 Å². The molecule has 0 aromatic carbocycles. The maximum Gasteiger partial charge on any atom is 0.231 e. The van der Waals surface area contributed by atoms with Crippen molar-refractivity contribution >= 4 is 17.8 Å². The van der Waals surface area contributed by atoms with Gasteiger partial charge in [-0.25, -0.2) is 0 Å². The van der Waals surface area contributed by atoms with Crippen molar-refractivity contribution in [2.75, 3.05) is 42.7 Å². The fourth-order valence-electron chi connectivity index (χ4n) is 1.88. The van der Waals surface area contributed by atoms with Crippen molar-refractivity contribution in [2.45, 2.75) is 32.6 Å². The highest BCUT2D eigenvalue weighted by molar-refractivity contribution is 5.42. The lowest BCUT2D eigenvalue weighted by molar-refractivity contribution is 0.685. The van der Waals surface area contributed by atoms with Gasteiger partial charge in [-0.05, 0) is 25.7 Å². The van der Waals surface area contributed by atoms with Crippen molar-refractivity contribution < 1.29 is 0 Å². The lowest BCUT2D eigenvalue weighted by Crippen LogP contribution is -2.17. The minimum absolute atomic E-state index is 0.630. The quantitative estimate of drug-likeness (QED) is 0.700. The molecule has 1 aromatic heterocycles. The van der Waals surface area contributed by atoms with E-state index in [-0.39, 0.29) is 0 Å². The Morgan fingerprint density at radius 3 is 2.37 bits per heavy atom. The lowest BCUT2D eigenvalue weighted by Gasteiger charge is -2.13. The Labute approximate surface area is 115 Å². The predicted octanol–water partition coefficient (Wildman–Crippen LogP) is 1.97. The van der Waals surface area contributed by atoms with Crippen LogP contribution in [0, 0.1) is 5.92 Å². The fourth-order valence-corrected chi connectivity index (χ4v) is 1.88. The van der Waals surface area contributed by atoms with Gasteiger partial charge in [0.25, 0.3) is 0 Å². The van der Waals surface area contributed by atoms with E-state index in [0.29, 0.717) is 17.8 Å². The van der Waals surface area contributed by atoms with Crippen LogP contribution in [-0.2, 0) is 0 Å². The summed E-state index contributed by atoms with van der Waals surface area (Å²) in [6.07, 6.45) is 5.34. The molecule has 0 radical (unpaired) electrons. The van der Waals surface area contributed by atoms with Crippen molar-refractivity contribution in [3.8, 4) is 0 Å². The maximum atomic E-state index is 4.40. The van der Waals surface area contributed by atoms with Crippen LogP contribution in [0.4, 0.5) is 17.8 Å². The van der Waals surface area contributed by atoms with Gasteiger partial charge in [0, 0.05) is 27.2 Å². The molecule has 0 unspecified atom stereocenters. The third-order valence-electron chi connectivity index (χ3n) is 3.13. The molecule has 1 aromatic rings. The van der Waals surface area contributed by atoms with E-state index >= 15 is 0 Å². The molecular formula is C13H24N6. The SMILES string of the molecule is CCNc1nc(NCCCC2CC2)nc(N(C)C)n1. The molecular weight excluding hydrogens is 240 g/mol. The average molecular weight is 264 g/mol. The number of hydrogen-bond acceptors (Lipinski definition) is 6. The second kappa shape index (κ2) is 6.54. The van der Waals surface area contributed by atoms with Gasteiger partial charge in [0.15, 0.2) is 0 Å². The molecule has 106 valence electrons. The van der Waals surface area contributed by atoms with E-state index in [1.165, 1.54) is 25.7 Å². The highest BCUT2D eigenvalue weighted by Gasteiger charge is 2.20. The van der Waals surface area contributed by atoms with Crippen LogP contribution < -0.4 is 15.5 Å². The molecule has 0 spiro atoms. The molecule has 1 saturated carbocycles. The Morgan fingerprint density at radius 1 is 1.11 bits per heavy atom. The highest BCUT2D eigenvalue weighted by atomic mass is 15.3. The first-order valence-electron chi connectivity index (χ1n) is 7.10. The summed E-state index contributed by atoms with van der Waals surface area (Å²) < 4.78 is 0. The number of nitrogens with zero attached hydrogens (tertiary/aromatic N) is 4. The summed E-state index contributed by atoms with van der Waals surface area (Å²) in [5.74, 6) is 2.95. The van der Waals surface area contributed by atoms with Gasteiger partial charge in [0.1, 0.15) is 0 Å². The summed E-state index contributed by atoms with van der Waals surface area (Å²) in [7, 11) is 3.86. The molecule has 19 heavy (non-hydrogen) atoms. The van der Waals surface area contributed by atoms with Gasteiger partial charge in [-0.3, -0.25) is 0 Å². The monoisotopic (exact) mass is 264 g/mol. The van der Waals surface area contributed by atoms with Crippen molar-refractivity contribution in [2.24, 2.45) is 5.92 Å². The normalized spacial score (nSPS) is 14.3. The zero-order valence-electron chi connectivity index (χ0n) is 12.1. The molecule has 0 saturated heterocycles. The number of anilines is 3. The molecule has 0 aliphatic heterocycles. The summed E-state index contributed by atoms with van der Waals surface area (Å²) in [6, 6.07) is 0. The Kier molecular flexibility index (Phi) is 4.76. The van der Waals surface area contributed by atoms with E-state index in [0.717, 1.165) is 19.0 Å². The standard InChI is InChI=1S/C13H24N6/c1-4-14-11-16-12(18-13(17-11)19(2)3)15-9-5-6-10-7-8-10/h10H,4-9H2,1-3H3,(H2,14,15,16,17,18). The van der Waals surface area contributed by atoms with Crippen molar-refractivity contribution in [1.29, 1.82) is 0 Å². The second-order valence-electron chi connectivity index (χ2n) is 5.22. The van der Waals surface area contributed by atoms with Crippen molar-refractivity contribution in [1.82, 2.24) is 15.0 Å². The van der Waals surface area contributed by atoms with Gasteiger partial charge >= 0.3 is 0 Å². The molecule has 6 nitrogen and oxygen atoms in total. The molecule has 2 N–H and O–H groups in total. The van der Waals surface area contributed by atoms with Gasteiger partial charge in [-0.15, -0.1) is 0 Å². The number of hydrogen-bond donors (Lipinski definition) is 2. The zero-order chi connectivity index (χ0) is 13.7. The second-order valence-corrected chi connectivity index (χ2v) is 5.22. The van der Waals surface area contributed by atoms with Gasteiger partial charge in [-0.1, -0.05) is 12.8 Å². The van der Waals surface area contributed by atoms with Crippen LogP contribution >= 0.6 is 0 Å². The summed E-state index contributed by atoms with van der Waals surface area (Å²) in [4.78, 5) is 15.0. The third-order valence-corrected chi connectivity index (χ3v) is 3.13. The van der Waals surface area contributed by atoms with E-state index in [9.17, 15) is 0 Å².